The first-order valence-electron chi connectivity index (χ1n) is 7.67. The summed E-state index contributed by atoms with van der Waals surface area (Å²) in [4.78, 5) is 11.2. The van der Waals surface area contributed by atoms with Gasteiger partial charge in [-0.3, -0.25) is 4.68 Å². The summed E-state index contributed by atoms with van der Waals surface area (Å²) in [5.74, 6) is 2.11. The average molecular weight is 297 g/mol. The third-order valence-corrected chi connectivity index (χ3v) is 4.23. The molecule has 4 rings (SSSR count). The van der Waals surface area contributed by atoms with Crippen molar-refractivity contribution < 1.29 is 0 Å². The largest absolute Gasteiger partial charge is 0.354 e. The molecule has 0 amide bonds. The first-order valence-corrected chi connectivity index (χ1v) is 7.67. The van der Waals surface area contributed by atoms with Crippen molar-refractivity contribution in [3.05, 3.63) is 36.5 Å². The van der Waals surface area contributed by atoms with Crippen molar-refractivity contribution >= 4 is 11.6 Å². The molecular formula is C15H19N7. The maximum atomic E-state index is 4.58. The molecule has 0 bridgehead atoms. The molecule has 0 radical (unpaired) electrons. The van der Waals surface area contributed by atoms with Gasteiger partial charge in [0.25, 0.3) is 5.78 Å². The van der Waals surface area contributed by atoms with E-state index >= 15 is 0 Å². The predicted octanol–water partition coefficient (Wildman–Crippen LogP) is 1.90. The molecule has 0 aliphatic carbocycles. The number of rotatable bonds is 3. The summed E-state index contributed by atoms with van der Waals surface area (Å²) < 4.78 is 3.88. The van der Waals surface area contributed by atoms with Crippen molar-refractivity contribution in [2.45, 2.75) is 32.2 Å². The second kappa shape index (κ2) is 5.08. The molecule has 3 aromatic rings. The molecular weight excluding hydrogens is 278 g/mol. The van der Waals surface area contributed by atoms with Gasteiger partial charge in [0.2, 0.25) is 0 Å². The van der Waals surface area contributed by atoms with Crippen molar-refractivity contribution in [3.8, 4) is 0 Å². The molecule has 1 aliphatic rings. The lowest BCUT2D eigenvalue weighted by molar-refractivity contribution is 0.494. The lowest BCUT2D eigenvalue weighted by Gasteiger charge is -2.20. The molecule has 7 nitrogen and oxygen atoms in total. The molecule has 1 aliphatic heterocycles. The summed E-state index contributed by atoms with van der Waals surface area (Å²) in [6, 6.07) is 4.52. The third kappa shape index (κ3) is 2.13. The van der Waals surface area contributed by atoms with E-state index in [0.29, 0.717) is 17.7 Å². The first kappa shape index (κ1) is 13.2. The maximum Gasteiger partial charge on any atom is 0.254 e. The summed E-state index contributed by atoms with van der Waals surface area (Å²) in [6.45, 7) is 6.21. The van der Waals surface area contributed by atoms with Crippen LogP contribution in [0.5, 0.6) is 0 Å². The van der Waals surface area contributed by atoms with Crippen molar-refractivity contribution in [1.82, 2.24) is 29.4 Å². The predicted molar refractivity (Wildman–Crippen MR) is 83.0 cm³/mol. The van der Waals surface area contributed by atoms with Crippen LogP contribution in [0.4, 0.5) is 5.82 Å². The number of aromatic nitrogens is 6. The fourth-order valence-corrected chi connectivity index (χ4v) is 3.00. The van der Waals surface area contributed by atoms with Gasteiger partial charge in [0.15, 0.2) is 0 Å². The maximum absolute atomic E-state index is 4.58. The second-order valence-electron chi connectivity index (χ2n) is 6.04. The summed E-state index contributed by atoms with van der Waals surface area (Å²) >= 11 is 0. The van der Waals surface area contributed by atoms with Crippen molar-refractivity contribution in [2.24, 2.45) is 0 Å². The molecule has 0 aromatic carbocycles. The van der Waals surface area contributed by atoms with E-state index in [2.05, 4.69) is 45.0 Å². The zero-order valence-electron chi connectivity index (χ0n) is 12.8. The SMILES string of the molecule is CC(C)c1cc(N2CCC(n3cccn3)C2)n2ncnc2n1. The molecule has 0 spiro atoms. The highest BCUT2D eigenvalue weighted by molar-refractivity contribution is 5.48. The van der Waals surface area contributed by atoms with E-state index in [1.165, 1.54) is 0 Å². The standard InChI is InChI=1S/C15H19N7/c1-11(2)13-8-14(22-15(19-13)16-10-18-22)20-7-4-12(9-20)21-6-3-5-17-21/h3,5-6,8,10-12H,4,7,9H2,1-2H3. The quantitative estimate of drug-likeness (QED) is 0.739. The van der Waals surface area contributed by atoms with E-state index in [4.69, 9.17) is 0 Å². The molecule has 0 N–H and O–H groups in total. The highest BCUT2D eigenvalue weighted by Gasteiger charge is 2.26. The molecule has 1 fully saturated rings. The molecule has 0 saturated carbocycles. The van der Waals surface area contributed by atoms with Crippen LogP contribution in [0.3, 0.4) is 0 Å². The molecule has 7 heteroatoms. The van der Waals surface area contributed by atoms with E-state index in [-0.39, 0.29) is 0 Å². The fourth-order valence-electron chi connectivity index (χ4n) is 3.00. The third-order valence-electron chi connectivity index (χ3n) is 4.23. The molecule has 3 aromatic heterocycles. The Hall–Kier alpha value is -2.44. The summed E-state index contributed by atoms with van der Waals surface area (Å²) in [5, 5.41) is 8.70. The molecule has 114 valence electrons. The van der Waals surface area contributed by atoms with Crippen LogP contribution in [-0.4, -0.2) is 42.5 Å². The second-order valence-corrected chi connectivity index (χ2v) is 6.04. The van der Waals surface area contributed by atoms with Gasteiger partial charge in [-0.25, -0.2) is 4.98 Å². The Morgan fingerprint density at radius 3 is 2.95 bits per heavy atom. The van der Waals surface area contributed by atoms with Crippen LogP contribution in [-0.2, 0) is 0 Å². The van der Waals surface area contributed by atoms with Gasteiger partial charge in [0.05, 0.1) is 11.7 Å². The molecule has 1 atom stereocenters. The smallest absolute Gasteiger partial charge is 0.254 e. The van der Waals surface area contributed by atoms with Gasteiger partial charge >= 0.3 is 0 Å². The minimum atomic E-state index is 0.366. The minimum Gasteiger partial charge on any atom is -0.354 e. The van der Waals surface area contributed by atoms with E-state index in [0.717, 1.165) is 31.0 Å². The summed E-state index contributed by atoms with van der Waals surface area (Å²) in [5.41, 5.74) is 1.05. The lowest BCUT2D eigenvalue weighted by Crippen LogP contribution is -2.24. The average Bonchev–Trinajstić information content (AvgIpc) is 3.25. The zero-order chi connectivity index (χ0) is 15.1. The lowest BCUT2D eigenvalue weighted by atomic mass is 10.1. The molecule has 1 unspecified atom stereocenters. The number of nitrogens with zero attached hydrogens (tertiary/aromatic N) is 7. The van der Waals surface area contributed by atoms with Crippen LogP contribution in [0.1, 0.15) is 37.9 Å². The van der Waals surface area contributed by atoms with E-state index in [1.807, 2.05) is 27.7 Å². The van der Waals surface area contributed by atoms with Gasteiger partial charge in [-0.1, -0.05) is 13.8 Å². The van der Waals surface area contributed by atoms with E-state index < -0.39 is 0 Å². The Morgan fingerprint density at radius 1 is 1.27 bits per heavy atom. The van der Waals surface area contributed by atoms with Gasteiger partial charge in [-0.2, -0.15) is 19.7 Å². The van der Waals surface area contributed by atoms with Crippen molar-refractivity contribution in [1.29, 1.82) is 0 Å². The summed E-state index contributed by atoms with van der Waals surface area (Å²) in [6.07, 6.45) is 6.51. The van der Waals surface area contributed by atoms with Crippen LogP contribution in [0, 0.1) is 0 Å². The first-order chi connectivity index (χ1) is 10.7. The van der Waals surface area contributed by atoms with Gasteiger partial charge in [-0.15, -0.1) is 0 Å². The summed E-state index contributed by atoms with van der Waals surface area (Å²) in [7, 11) is 0. The number of hydrogen-bond donors (Lipinski definition) is 0. The topological polar surface area (TPSA) is 64.1 Å². The monoisotopic (exact) mass is 297 g/mol. The molecule has 22 heavy (non-hydrogen) atoms. The van der Waals surface area contributed by atoms with E-state index in [9.17, 15) is 0 Å². The van der Waals surface area contributed by atoms with Crippen LogP contribution >= 0.6 is 0 Å². The van der Waals surface area contributed by atoms with Crippen LogP contribution in [0.15, 0.2) is 30.9 Å². The van der Waals surface area contributed by atoms with E-state index in [1.54, 1.807) is 6.33 Å². The Bertz CT molecular complexity index is 774. The van der Waals surface area contributed by atoms with Crippen LogP contribution in [0.2, 0.25) is 0 Å². The highest BCUT2D eigenvalue weighted by Crippen LogP contribution is 2.28. The Balaban J connectivity index is 1.70. The fraction of sp³-hybridized carbons (Fsp3) is 0.467. The van der Waals surface area contributed by atoms with Crippen molar-refractivity contribution in [2.75, 3.05) is 18.0 Å². The van der Waals surface area contributed by atoms with Gasteiger partial charge in [0, 0.05) is 31.5 Å². The number of fused-ring (bicyclic) bond motifs is 1. The Labute approximate surface area is 128 Å². The van der Waals surface area contributed by atoms with Crippen LogP contribution < -0.4 is 4.90 Å². The zero-order valence-corrected chi connectivity index (χ0v) is 12.8. The molecule has 4 heterocycles. The number of anilines is 1. The van der Waals surface area contributed by atoms with Gasteiger partial charge in [0.1, 0.15) is 12.1 Å². The van der Waals surface area contributed by atoms with Crippen LogP contribution in [0.25, 0.3) is 5.78 Å². The van der Waals surface area contributed by atoms with Gasteiger partial charge in [-0.05, 0) is 18.4 Å². The Morgan fingerprint density at radius 2 is 2.18 bits per heavy atom. The van der Waals surface area contributed by atoms with Crippen molar-refractivity contribution in [3.63, 3.8) is 0 Å². The normalized spacial score (nSPS) is 18.7. The Kier molecular flexibility index (Phi) is 3.06. The van der Waals surface area contributed by atoms with Gasteiger partial charge < -0.3 is 4.90 Å². The highest BCUT2D eigenvalue weighted by atomic mass is 15.4. The minimum absolute atomic E-state index is 0.366. The molecule has 1 saturated heterocycles. The number of hydrogen-bond acceptors (Lipinski definition) is 5.